The van der Waals surface area contributed by atoms with E-state index in [9.17, 15) is 9.50 Å². The lowest BCUT2D eigenvalue weighted by molar-refractivity contribution is 0.122. The van der Waals surface area contributed by atoms with Crippen molar-refractivity contribution in [3.05, 3.63) is 78.7 Å². The summed E-state index contributed by atoms with van der Waals surface area (Å²) in [5, 5.41) is 15.8. The molecule has 0 saturated carbocycles. The molecule has 0 spiro atoms. The Bertz CT molecular complexity index is 1250. The number of halogens is 1. The minimum Gasteiger partial charge on any atom is -0.378 e. The number of ether oxygens (including phenoxy) is 1. The number of benzene rings is 3. The molecule has 33 heavy (non-hydrogen) atoms. The van der Waals surface area contributed by atoms with Gasteiger partial charge in [0.05, 0.1) is 36.1 Å². The van der Waals surface area contributed by atoms with Crippen LogP contribution in [0.4, 0.5) is 21.6 Å². The molecule has 1 saturated heterocycles. The van der Waals surface area contributed by atoms with Crippen molar-refractivity contribution >= 4 is 28.2 Å². The predicted octanol–water partition coefficient (Wildman–Crippen LogP) is 4.07. The zero-order valence-corrected chi connectivity index (χ0v) is 17.9. The van der Waals surface area contributed by atoms with Crippen molar-refractivity contribution in [2.75, 3.05) is 41.8 Å². The number of rotatable bonds is 6. The number of fused-ring (bicyclic) bond motifs is 1. The van der Waals surface area contributed by atoms with Gasteiger partial charge in [-0.15, -0.1) is 0 Å². The Kier molecular flexibility index (Phi) is 6.01. The number of hydrogen-bond acceptors (Lipinski definition) is 7. The lowest BCUT2D eigenvalue weighted by Gasteiger charge is -2.27. The molecule has 8 heteroatoms. The fraction of sp³-hybridized carbons (Fsp3) is 0.200. The van der Waals surface area contributed by atoms with Gasteiger partial charge in [0, 0.05) is 18.8 Å². The second-order valence-electron chi connectivity index (χ2n) is 7.78. The molecule has 3 aromatic carbocycles. The Morgan fingerprint density at radius 1 is 0.909 bits per heavy atom. The van der Waals surface area contributed by atoms with Crippen LogP contribution < -0.4 is 15.5 Å². The summed E-state index contributed by atoms with van der Waals surface area (Å²) in [5.74, 6) is 0.434. The average Bonchev–Trinajstić information content (AvgIpc) is 2.86. The maximum absolute atomic E-state index is 13.8. The van der Waals surface area contributed by atoms with Gasteiger partial charge in [-0.2, -0.15) is 0 Å². The van der Waals surface area contributed by atoms with Gasteiger partial charge in [-0.25, -0.2) is 9.37 Å². The largest absolute Gasteiger partial charge is 0.378 e. The first kappa shape index (κ1) is 21.1. The summed E-state index contributed by atoms with van der Waals surface area (Å²) in [4.78, 5) is 11.6. The van der Waals surface area contributed by atoms with Gasteiger partial charge < -0.3 is 25.4 Å². The van der Waals surface area contributed by atoms with Gasteiger partial charge in [-0.1, -0.05) is 30.3 Å². The first-order chi connectivity index (χ1) is 16.2. The van der Waals surface area contributed by atoms with E-state index in [2.05, 4.69) is 20.5 Å². The van der Waals surface area contributed by atoms with Crippen LogP contribution in [-0.4, -0.2) is 47.7 Å². The molecule has 4 aromatic rings. The summed E-state index contributed by atoms with van der Waals surface area (Å²) in [7, 11) is 0. The Labute approximate surface area is 190 Å². The first-order valence-electron chi connectivity index (χ1n) is 10.8. The van der Waals surface area contributed by atoms with E-state index >= 15 is 0 Å². The van der Waals surface area contributed by atoms with Crippen molar-refractivity contribution in [3.63, 3.8) is 0 Å². The Hall–Kier alpha value is -3.75. The zero-order valence-electron chi connectivity index (χ0n) is 17.9. The maximum atomic E-state index is 13.8. The number of aromatic nitrogens is 2. The van der Waals surface area contributed by atoms with Gasteiger partial charge in [0.2, 0.25) is 6.35 Å². The molecule has 3 N–H and O–H groups in total. The molecule has 0 amide bonds. The molecule has 5 rings (SSSR count). The third kappa shape index (κ3) is 4.87. The Morgan fingerprint density at radius 2 is 1.67 bits per heavy atom. The van der Waals surface area contributed by atoms with E-state index in [1.807, 2.05) is 48.7 Å². The van der Waals surface area contributed by atoms with Crippen LogP contribution in [0.5, 0.6) is 0 Å². The second-order valence-corrected chi connectivity index (χ2v) is 7.78. The van der Waals surface area contributed by atoms with E-state index in [1.54, 1.807) is 18.2 Å². The number of anilines is 3. The van der Waals surface area contributed by atoms with Crippen molar-refractivity contribution in [2.45, 2.75) is 6.35 Å². The molecular weight excluding hydrogens is 421 g/mol. The van der Waals surface area contributed by atoms with Crippen LogP contribution in [0.2, 0.25) is 0 Å². The van der Waals surface area contributed by atoms with Crippen LogP contribution in [0.1, 0.15) is 0 Å². The minimum absolute atomic E-state index is 0.225. The lowest BCUT2D eigenvalue weighted by Crippen LogP contribution is -2.36. The minimum atomic E-state index is -1.14. The highest BCUT2D eigenvalue weighted by molar-refractivity contribution is 5.82. The standard InChI is InChI=1S/C25H24FN5O2/c26-20-3-1-2-4-21(20)30-25(32)28-19-8-5-17(6-9-19)18-7-10-22-23(15-18)29-24(16-27-22)31-11-13-33-14-12-31/h1-10,15-16,25,28,30,32H,11-14H2. The smallest absolute Gasteiger partial charge is 0.202 e. The van der Waals surface area contributed by atoms with Gasteiger partial charge in [0.15, 0.2) is 0 Å². The molecular formula is C25H24FN5O2. The van der Waals surface area contributed by atoms with Gasteiger partial charge >= 0.3 is 0 Å². The number of aliphatic hydroxyl groups is 1. The van der Waals surface area contributed by atoms with Crippen molar-refractivity contribution in [3.8, 4) is 11.1 Å². The molecule has 168 valence electrons. The molecule has 1 aromatic heterocycles. The van der Waals surface area contributed by atoms with E-state index in [-0.39, 0.29) is 5.69 Å². The molecule has 1 unspecified atom stereocenters. The van der Waals surface area contributed by atoms with Crippen molar-refractivity contribution < 1.29 is 14.2 Å². The molecule has 7 nitrogen and oxygen atoms in total. The normalized spacial score (nSPS) is 14.8. The van der Waals surface area contributed by atoms with Crippen LogP contribution in [0.3, 0.4) is 0 Å². The van der Waals surface area contributed by atoms with Crippen LogP contribution in [-0.2, 0) is 4.74 Å². The number of hydrogen-bond donors (Lipinski definition) is 3. The Balaban J connectivity index is 1.30. The summed E-state index contributed by atoms with van der Waals surface area (Å²) in [5.41, 5.74) is 4.64. The highest BCUT2D eigenvalue weighted by Gasteiger charge is 2.14. The molecule has 1 aliphatic rings. The second kappa shape index (κ2) is 9.40. The highest BCUT2D eigenvalue weighted by atomic mass is 19.1. The van der Waals surface area contributed by atoms with E-state index in [0.717, 1.165) is 41.1 Å². The van der Waals surface area contributed by atoms with Crippen LogP contribution in [0, 0.1) is 5.82 Å². The summed E-state index contributed by atoms with van der Waals surface area (Å²) < 4.78 is 19.2. The SMILES string of the molecule is OC(Nc1ccc(-c2ccc3ncc(N4CCOCC4)nc3c2)cc1)Nc1ccccc1F. The number of nitrogens with one attached hydrogen (secondary N) is 2. The molecule has 0 aliphatic carbocycles. The first-order valence-corrected chi connectivity index (χ1v) is 10.8. The van der Waals surface area contributed by atoms with E-state index < -0.39 is 12.2 Å². The van der Waals surface area contributed by atoms with Crippen LogP contribution in [0.15, 0.2) is 72.9 Å². The van der Waals surface area contributed by atoms with E-state index in [1.165, 1.54) is 6.07 Å². The van der Waals surface area contributed by atoms with Gasteiger partial charge in [-0.05, 0) is 47.5 Å². The third-order valence-corrected chi connectivity index (χ3v) is 5.55. The number of aliphatic hydroxyl groups excluding tert-OH is 1. The van der Waals surface area contributed by atoms with Crippen molar-refractivity contribution in [1.82, 2.24) is 9.97 Å². The van der Waals surface area contributed by atoms with E-state index in [0.29, 0.717) is 18.9 Å². The van der Waals surface area contributed by atoms with Crippen molar-refractivity contribution in [1.29, 1.82) is 0 Å². The molecule has 1 fully saturated rings. The topological polar surface area (TPSA) is 82.5 Å². The van der Waals surface area contributed by atoms with Gasteiger partial charge in [0.25, 0.3) is 0 Å². The van der Waals surface area contributed by atoms with E-state index in [4.69, 9.17) is 9.72 Å². The predicted molar refractivity (Wildman–Crippen MR) is 128 cm³/mol. The number of morpholine rings is 1. The summed E-state index contributed by atoms with van der Waals surface area (Å²) in [6.45, 7) is 3.02. The zero-order chi connectivity index (χ0) is 22.6. The summed E-state index contributed by atoms with van der Waals surface area (Å²) in [6.07, 6.45) is 0.677. The lowest BCUT2D eigenvalue weighted by atomic mass is 10.0. The number of para-hydroxylation sites is 1. The quantitative estimate of drug-likeness (QED) is 0.386. The molecule has 2 heterocycles. The maximum Gasteiger partial charge on any atom is 0.202 e. The molecule has 1 atom stereocenters. The summed E-state index contributed by atoms with van der Waals surface area (Å²) >= 11 is 0. The van der Waals surface area contributed by atoms with Gasteiger partial charge in [-0.3, -0.25) is 4.98 Å². The fourth-order valence-corrected chi connectivity index (χ4v) is 3.80. The molecule has 1 aliphatic heterocycles. The summed E-state index contributed by atoms with van der Waals surface area (Å²) in [6, 6.07) is 19.9. The molecule has 0 bridgehead atoms. The average molecular weight is 445 g/mol. The fourth-order valence-electron chi connectivity index (χ4n) is 3.80. The molecule has 0 radical (unpaired) electrons. The monoisotopic (exact) mass is 445 g/mol. The van der Waals surface area contributed by atoms with Gasteiger partial charge in [0.1, 0.15) is 11.6 Å². The highest BCUT2D eigenvalue weighted by Crippen LogP contribution is 2.26. The number of nitrogens with zero attached hydrogens (tertiary/aromatic N) is 3. The van der Waals surface area contributed by atoms with Crippen LogP contribution >= 0.6 is 0 Å². The van der Waals surface area contributed by atoms with Crippen LogP contribution in [0.25, 0.3) is 22.2 Å². The third-order valence-electron chi connectivity index (χ3n) is 5.55. The van der Waals surface area contributed by atoms with Crippen molar-refractivity contribution in [2.24, 2.45) is 0 Å². The Morgan fingerprint density at radius 3 is 2.45 bits per heavy atom.